The van der Waals surface area contributed by atoms with Crippen molar-refractivity contribution in [2.24, 2.45) is 5.92 Å². The number of carbonyl (C=O) groups is 1. The van der Waals surface area contributed by atoms with E-state index in [9.17, 15) is 4.79 Å². The smallest absolute Gasteiger partial charge is 0.227 e. The molecular formula is C25H28N4O3. The van der Waals surface area contributed by atoms with E-state index in [1.807, 2.05) is 67.6 Å². The first-order valence-corrected chi connectivity index (χ1v) is 10.9. The van der Waals surface area contributed by atoms with Crippen molar-refractivity contribution < 1.29 is 14.3 Å². The van der Waals surface area contributed by atoms with Crippen LogP contribution in [0.4, 0.5) is 11.5 Å². The van der Waals surface area contributed by atoms with E-state index in [-0.39, 0.29) is 11.8 Å². The molecule has 1 saturated heterocycles. The molecule has 32 heavy (non-hydrogen) atoms. The standard InChI is InChI=1S/C25H28N4O3/c1-3-32-23-7-5-4-6-22(23)26-25(30)19-14-16-29(17-15-19)24-13-12-21(27-28-24)18-8-10-20(31-2)11-9-18/h4-13,19H,3,14-17H2,1-2H3,(H,26,30). The largest absolute Gasteiger partial charge is 0.497 e. The third-order valence-electron chi connectivity index (χ3n) is 5.67. The number of hydrogen-bond acceptors (Lipinski definition) is 6. The average Bonchev–Trinajstić information content (AvgIpc) is 2.86. The van der Waals surface area contributed by atoms with Gasteiger partial charge >= 0.3 is 0 Å². The van der Waals surface area contributed by atoms with Crippen LogP contribution >= 0.6 is 0 Å². The molecule has 0 aliphatic carbocycles. The Balaban J connectivity index is 1.33. The molecule has 1 aliphatic heterocycles. The first-order chi connectivity index (χ1) is 15.7. The van der Waals surface area contributed by atoms with Crippen LogP contribution in [0.1, 0.15) is 19.8 Å². The molecule has 0 radical (unpaired) electrons. The quantitative estimate of drug-likeness (QED) is 0.596. The third-order valence-corrected chi connectivity index (χ3v) is 5.67. The van der Waals surface area contributed by atoms with Gasteiger partial charge in [0.2, 0.25) is 5.91 Å². The van der Waals surface area contributed by atoms with Gasteiger partial charge in [-0.1, -0.05) is 12.1 Å². The molecule has 1 N–H and O–H groups in total. The highest BCUT2D eigenvalue weighted by Gasteiger charge is 2.26. The number of nitrogens with zero attached hydrogens (tertiary/aromatic N) is 3. The van der Waals surface area contributed by atoms with E-state index in [4.69, 9.17) is 9.47 Å². The number of piperidine rings is 1. The number of rotatable bonds is 7. The summed E-state index contributed by atoms with van der Waals surface area (Å²) in [5.74, 6) is 2.35. The Bertz CT molecular complexity index is 1030. The number of carbonyl (C=O) groups excluding carboxylic acids is 1. The van der Waals surface area contributed by atoms with Crippen LogP contribution in [0.5, 0.6) is 11.5 Å². The first-order valence-electron chi connectivity index (χ1n) is 10.9. The minimum atomic E-state index is -0.0348. The van der Waals surface area contributed by atoms with Crippen LogP contribution < -0.4 is 19.7 Å². The number of ether oxygens (including phenoxy) is 2. The summed E-state index contributed by atoms with van der Waals surface area (Å²) in [5, 5.41) is 11.8. The van der Waals surface area contributed by atoms with Gasteiger partial charge in [-0.05, 0) is 68.3 Å². The zero-order valence-electron chi connectivity index (χ0n) is 18.5. The molecule has 3 aromatic rings. The van der Waals surface area contributed by atoms with Gasteiger partial charge in [0.15, 0.2) is 5.82 Å². The van der Waals surface area contributed by atoms with Crippen LogP contribution in [0, 0.1) is 5.92 Å². The van der Waals surface area contributed by atoms with Gasteiger partial charge in [0.1, 0.15) is 11.5 Å². The van der Waals surface area contributed by atoms with Gasteiger partial charge in [-0.3, -0.25) is 4.79 Å². The predicted molar refractivity (Wildman–Crippen MR) is 125 cm³/mol. The summed E-state index contributed by atoms with van der Waals surface area (Å²) >= 11 is 0. The molecule has 4 rings (SSSR count). The number of amides is 1. The van der Waals surface area contributed by atoms with Crippen molar-refractivity contribution in [1.82, 2.24) is 10.2 Å². The number of para-hydroxylation sites is 2. The lowest BCUT2D eigenvalue weighted by Crippen LogP contribution is -2.38. The van der Waals surface area contributed by atoms with Crippen LogP contribution in [0.25, 0.3) is 11.3 Å². The van der Waals surface area contributed by atoms with Crippen molar-refractivity contribution >= 4 is 17.4 Å². The second-order valence-electron chi connectivity index (χ2n) is 7.69. The summed E-state index contributed by atoms with van der Waals surface area (Å²) in [6, 6.07) is 19.3. The fraction of sp³-hybridized carbons (Fsp3) is 0.320. The van der Waals surface area contributed by atoms with Gasteiger partial charge < -0.3 is 19.7 Å². The summed E-state index contributed by atoms with van der Waals surface area (Å²) in [7, 11) is 1.65. The van der Waals surface area contributed by atoms with Crippen LogP contribution in [-0.2, 0) is 4.79 Å². The summed E-state index contributed by atoms with van der Waals surface area (Å²) in [4.78, 5) is 15.0. The highest BCUT2D eigenvalue weighted by molar-refractivity contribution is 5.94. The lowest BCUT2D eigenvalue weighted by molar-refractivity contribution is -0.120. The average molecular weight is 433 g/mol. The molecule has 1 amide bonds. The Morgan fingerprint density at radius 2 is 1.78 bits per heavy atom. The Morgan fingerprint density at radius 3 is 2.44 bits per heavy atom. The van der Waals surface area contributed by atoms with E-state index < -0.39 is 0 Å². The molecule has 1 aliphatic rings. The molecule has 0 spiro atoms. The second kappa shape index (κ2) is 10.1. The molecule has 0 unspecified atom stereocenters. The maximum Gasteiger partial charge on any atom is 0.227 e. The Morgan fingerprint density at radius 1 is 1.03 bits per heavy atom. The fourth-order valence-electron chi connectivity index (χ4n) is 3.87. The van der Waals surface area contributed by atoms with Crippen molar-refractivity contribution in [2.45, 2.75) is 19.8 Å². The SMILES string of the molecule is CCOc1ccccc1NC(=O)C1CCN(c2ccc(-c3ccc(OC)cc3)nn2)CC1. The molecule has 2 heterocycles. The summed E-state index contributed by atoms with van der Waals surface area (Å²) in [5.41, 5.74) is 2.54. The number of anilines is 2. The fourth-order valence-corrected chi connectivity index (χ4v) is 3.87. The predicted octanol–water partition coefficient (Wildman–Crippen LogP) is 4.41. The topological polar surface area (TPSA) is 76.6 Å². The highest BCUT2D eigenvalue weighted by Crippen LogP contribution is 2.28. The van der Waals surface area contributed by atoms with E-state index >= 15 is 0 Å². The molecule has 0 bridgehead atoms. The van der Waals surface area contributed by atoms with Crippen molar-refractivity contribution in [3.05, 3.63) is 60.7 Å². The Kier molecular flexibility index (Phi) is 6.84. The number of nitrogens with one attached hydrogen (secondary N) is 1. The van der Waals surface area contributed by atoms with Gasteiger partial charge in [0, 0.05) is 24.6 Å². The van der Waals surface area contributed by atoms with Crippen molar-refractivity contribution in [3.63, 3.8) is 0 Å². The highest BCUT2D eigenvalue weighted by atomic mass is 16.5. The maximum absolute atomic E-state index is 12.8. The van der Waals surface area contributed by atoms with E-state index in [2.05, 4.69) is 20.4 Å². The van der Waals surface area contributed by atoms with E-state index in [0.717, 1.165) is 54.4 Å². The lowest BCUT2D eigenvalue weighted by Gasteiger charge is -2.32. The van der Waals surface area contributed by atoms with Crippen LogP contribution in [0.3, 0.4) is 0 Å². The molecule has 7 heteroatoms. The number of hydrogen-bond donors (Lipinski definition) is 1. The Labute approximate surface area is 188 Å². The normalized spacial score (nSPS) is 14.1. The van der Waals surface area contributed by atoms with Gasteiger partial charge in [0.25, 0.3) is 0 Å². The maximum atomic E-state index is 12.8. The van der Waals surface area contributed by atoms with Crippen LogP contribution in [0.2, 0.25) is 0 Å². The van der Waals surface area contributed by atoms with Crippen molar-refractivity contribution in [3.8, 4) is 22.8 Å². The molecule has 166 valence electrons. The lowest BCUT2D eigenvalue weighted by atomic mass is 9.95. The number of aromatic nitrogens is 2. The van der Waals surface area contributed by atoms with Gasteiger partial charge in [-0.15, -0.1) is 10.2 Å². The Hall–Kier alpha value is -3.61. The number of methoxy groups -OCH3 is 1. The van der Waals surface area contributed by atoms with E-state index in [1.165, 1.54) is 0 Å². The molecule has 1 fully saturated rings. The minimum Gasteiger partial charge on any atom is -0.497 e. The molecule has 0 saturated carbocycles. The molecule has 2 aromatic carbocycles. The van der Waals surface area contributed by atoms with E-state index in [1.54, 1.807) is 7.11 Å². The zero-order valence-corrected chi connectivity index (χ0v) is 18.5. The third kappa shape index (κ3) is 4.99. The summed E-state index contributed by atoms with van der Waals surface area (Å²) in [6.45, 7) is 4.02. The molecular weight excluding hydrogens is 404 g/mol. The molecule has 0 atom stereocenters. The van der Waals surface area contributed by atoms with Gasteiger partial charge in [-0.25, -0.2) is 0 Å². The molecule has 7 nitrogen and oxygen atoms in total. The summed E-state index contributed by atoms with van der Waals surface area (Å²) < 4.78 is 10.8. The van der Waals surface area contributed by atoms with Crippen molar-refractivity contribution in [1.29, 1.82) is 0 Å². The van der Waals surface area contributed by atoms with Crippen LogP contribution in [-0.4, -0.2) is 42.9 Å². The molecule has 1 aromatic heterocycles. The first kappa shape index (κ1) is 21.6. The van der Waals surface area contributed by atoms with Crippen molar-refractivity contribution in [2.75, 3.05) is 37.0 Å². The minimum absolute atomic E-state index is 0.0348. The van der Waals surface area contributed by atoms with Crippen LogP contribution in [0.15, 0.2) is 60.7 Å². The summed E-state index contributed by atoms with van der Waals surface area (Å²) in [6.07, 6.45) is 1.54. The second-order valence-corrected chi connectivity index (χ2v) is 7.69. The van der Waals surface area contributed by atoms with Gasteiger partial charge in [0.05, 0.1) is 25.1 Å². The zero-order chi connectivity index (χ0) is 22.3. The monoisotopic (exact) mass is 432 g/mol. The van der Waals surface area contributed by atoms with E-state index in [0.29, 0.717) is 12.4 Å². The van der Waals surface area contributed by atoms with Gasteiger partial charge in [-0.2, -0.15) is 0 Å². The number of benzene rings is 2.